The van der Waals surface area contributed by atoms with E-state index in [9.17, 15) is 39.2 Å². The molecule has 0 aliphatic heterocycles. The predicted molar refractivity (Wildman–Crippen MR) is 188 cm³/mol. The zero-order valence-electron chi connectivity index (χ0n) is 29.6. The molecule has 3 amide bonds. The van der Waals surface area contributed by atoms with Crippen LogP contribution < -0.4 is 32.2 Å². The second-order valence-corrected chi connectivity index (χ2v) is 13.0. The SMILES string of the molecule is CC(C)C(OC(=O)Oc1ccc(C[C@H](NC(=O)[C@H](Cc2ccc([N+](=O)[O-])cc2)NC(=O)[C@@H](N)CCCCN)C(=O)N[C@@H](C)C(=O)O)cc1)C(C)C. The Kier molecular flexibility index (Phi) is 17.0. The summed E-state index contributed by atoms with van der Waals surface area (Å²) in [6, 6.07) is 6.65. The number of aliphatic carboxylic acids is 1. The van der Waals surface area contributed by atoms with Gasteiger partial charge in [0.05, 0.1) is 11.0 Å². The first-order valence-electron chi connectivity index (χ1n) is 16.8. The Morgan fingerprint density at radius 3 is 1.75 bits per heavy atom. The van der Waals surface area contributed by atoms with Gasteiger partial charge in [0.2, 0.25) is 17.7 Å². The molecule has 0 bridgehead atoms. The van der Waals surface area contributed by atoms with E-state index < -0.39 is 58.9 Å². The Balaban J connectivity index is 2.31. The smallest absolute Gasteiger partial charge is 0.480 e. The highest BCUT2D eigenvalue weighted by Crippen LogP contribution is 2.20. The Morgan fingerprint density at radius 2 is 1.27 bits per heavy atom. The lowest BCUT2D eigenvalue weighted by atomic mass is 9.96. The molecule has 0 heterocycles. The van der Waals surface area contributed by atoms with Gasteiger partial charge in [-0.1, -0.05) is 58.4 Å². The summed E-state index contributed by atoms with van der Waals surface area (Å²) in [5.74, 6) is -3.21. The van der Waals surface area contributed by atoms with Crippen LogP contribution in [0.3, 0.4) is 0 Å². The molecule has 0 aromatic heterocycles. The molecule has 2 aromatic rings. The Morgan fingerprint density at radius 1 is 0.784 bits per heavy atom. The molecule has 16 heteroatoms. The first-order chi connectivity index (χ1) is 24.0. The third kappa shape index (κ3) is 14.4. The fourth-order valence-corrected chi connectivity index (χ4v) is 5.18. The molecule has 16 nitrogen and oxygen atoms in total. The van der Waals surface area contributed by atoms with Crippen LogP contribution in [0.1, 0.15) is 65.0 Å². The largest absolute Gasteiger partial charge is 0.514 e. The van der Waals surface area contributed by atoms with Crippen molar-refractivity contribution in [2.45, 2.75) is 97.0 Å². The number of carbonyl (C=O) groups excluding carboxylic acids is 4. The van der Waals surface area contributed by atoms with Crippen molar-refractivity contribution >= 4 is 35.5 Å². The predicted octanol–water partition coefficient (Wildman–Crippen LogP) is 2.59. The maximum absolute atomic E-state index is 13.8. The Hall–Kier alpha value is -5.09. The van der Waals surface area contributed by atoms with Crippen LogP contribution in [0.4, 0.5) is 10.5 Å². The number of rotatable bonds is 20. The molecule has 0 spiro atoms. The van der Waals surface area contributed by atoms with Crippen LogP contribution in [0.25, 0.3) is 0 Å². The number of hydrogen-bond acceptors (Lipinski definition) is 11. The second kappa shape index (κ2) is 20.6. The number of nitrogens with one attached hydrogen (secondary N) is 3. The van der Waals surface area contributed by atoms with E-state index >= 15 is 0 Å². The average Bonchev–Trinajstić information content (AvgIpc) is 3.07. The van der Waals surface area contributed by atoms with Crippen LogP contribution in [0.15, 0.2) is 48.5 Å². The molecule has 0 aliphatic carbocycles. The summed E-state index contributed by atoms with van der Waals surface area (Å²) < 4.78 is 10.8. The van der Waals surface area contributed by atoms with Crippen molar-refractivity contribution in [1.29, 1.82) is 0 Å². The number of carboxylic acids is 1. The number of nitrogens with zero attached hydrogens (tertiary/aromatic N) is 1. The van der Waals surface area contributed by atoms with E-state index in [1.165, 1.54) is 43.3 Å². The molecule has 4 atom stereocenters. The number of hydrogen-bond donors (Lipinski definition) is 6. The molecule has 280 valence electrons. The van der Waals surface area contributed by atoms with E-state index in [4.69, 9.17) is 20.9 Å². The Labute approximate surface area is 297 Å². The fourth-order valence-electron chi connectivity index (χ4n) is 5.18. The fraction of sp³-hybridized carbons (Fsp3) is 0.514. The standard InChI is InChI=1S/C35H50N6O10/c1-20(2)30(21(3)4)51-35(47)50-26-15-11-24(12-16-26)19-28(32(43)38-22(5)34(45)46)40-33(44)29(39-31(42)27(37)8-6-7-17-36)18-23-9-13-25(14-10-23)41(48)49/h9-16,20-22,27-30H,6-8,17-19,36-37H2,1-5H3,(H,38,43)(H,39,42)(H,40,44)(H,45,46)/t22-,27-,28-,29-/m0/s1. The van der Waals surface area contributed by atoms with Crippen molar-refractivity contribution in [2.75, 3.05) is 6.54 Å². The molecule has 0 unspecified atom stereocenters. The van der Waals surface area contributed by atoms with Crippen molar-refractivity contribution in [2.24, 2.45) is 23.3 Å². The van der Waals surface area contributed by atoms with Gasteiger partial charge in [-0.3, -0.25) is 29.3 Å². The van der Waals surface area contributed by atoms with Crippen LogP contribution in [0.5, 0.6) is 5.75 Å². The average molecular weight is 715 g/mol. The molecule has 0 aliphatic rings. The van der Waals surface area contributed by atoms with E-state index in [1.807, 2.05) is 27.7 Å². The number of carbonyl (C=O) groups is 5. The number of benzene rings is 2. The van der Waals surface area contributed by atoms with Gasteiger partial charge in [0.1, 0.15) is 30.0 Å². The van der Waals surface area contributed by atoms with Gasteiger partial charge in [-0.05, 0) is 61.4 Å². The lowest BCUT2D eigenvalue weighted by molar-refractivity contribution is -0.384. The molecule has 2 aromatic carbocycles. The van der Waals surface area contributed by atoms with Gasteiger partial charge in [-0.2, -0.15) is 0 Å². The molecular weight excluding hydrogens is 664 g/mol. The number of amides is 3. The topological polar surface area (TPSA) is 255 Å². The summed E-state index contributed by atoms with van der Waals surface area (Å²) in [6.45, 7) is 9.41. The molecule has 51 heavy (non-hydrogen) atoms. The van der Waals surface area contributed by atoms with E-state index in [1.54, 1.807) is 12.1 Å². The number of nitro groups is 1. The first kappa shape index (κ1) is 42.1. The zero-order chi connectivity index (χ0) is 38.2. The second-order valence-electron chi connectivity index (χ2n) is 13.0. The monoisotopic (exact) mass is 714 g/mol. The first-order valence-corrected chi connectivity index (χ1v) is 16.8. The van der Waals surface area contributed by atoms with Crippen LogP contribution in [0.2, 0.25) is 0 Å². The Bertz CT molecular complexity index is 1470. The van der Waals surface area contributed by atoms with Gasteiger partial charge in [-0.25, -0.2) is 4.79 Å². The molecule has 8 N–H and O–H groups in total. The van der Waals surface area contributed by atoms with Crippen molar-refractivity contribution < 1.29 is 43.5 Å². The molecule has 0 fully saturated rings. The highest BCUT2D eigenvalue weighted by Gasteiger charge is 2.30. The van der Waals surface area contributed by atoms with E-state index in [0.717, 1.165) is 0 Å². The van der Waals surface area contributed by atoms with Crippen molar-refractivity contribution in [3.8, 4) is 5.75 Å². The number of nitrogens with two attached hydrogens (primary N) is 2. The molecular formula is C35H50N6O10. The van der Waals surface area contributed by atoms with Gasteiger partial charge in [0.25, 0.3) is 5.69 Å². The van der Waals surface area contributed by atoms with Crippen LogP contribution in [0, 0.1) is 22.0 Å². The van der Waals surface area contributed by atoms with Gasteiger partial charge in [-0.15, -0.1) is 0 Å². The molecule has 0 saturated heterocycles. The van der Waals surface area contributed by atoms with Crippen LogP contribution >= 0.6 is 0 Å². The highest BCUT2D eigenvalue weighted by atomic mass is 16.7. The maximum Gasteiger partial charge on any atom is 0.514 e. The van der Waals surface area contributed by atoms with Crippen LogP contribution in [-0.4, -0.2) is 76.7 Å². The minimum atomic E-state index is -1.32. The minimum absolute atomic E-state index is 0.0715. The number of nitro benzene ring substituents is 1. The third-order valence-corrected chi connectivity index (χ3v) is 8.00. The molecule has 0 radical (unpaired) electrons. The van der Waals surface area contributed by atoms with Gasteiger partial charge in [0.15, 0.2) is 0 Å². The lowest BCUT2D eigenvalue weighted by Crippen LogP contribution is -2.57. The number of ether oxygens (including phenoxy) is 2. The third-order valence-electron chi connectivity index (χ3n) is 8.00. The summed E-state index contributed by atoms with van der Waals surface area (Å²) in [6.07, 6.45) is 0.0791. The van der Waals surface area contributed by atoms with Crippen molar-refractivity contribution in [3.05, 3.63) is 69.8 Å². The summed E-state index contributed by atoms with van der Waals surface area (Å²) >= 11 is 0. The van der Waals surface area contributed by atoms with Gasteiger partial charge >= 0.3 is 12.1 Å². The number of carboxylic acid groups (broad SMARTS) is 1. The molecule has 0 saturated carbocycles. The van der Waals surface area contributed by atoms with E-state index in [0.29, 0.717) is 36.9 Å². The van der Waals surface area contributed by atoms with E-state index in [-0.39, 0.29) is 42.2 Å². The highest BCUT2D eigenvalue weighted by molar-refractivity contribution is 5.94. The van der Waals surface area contributed by atoms with Crippen molar-refractivity contribution in [3.63, 3.8) is 0 Å². The summed E-state index contributed by atoms with van der Waals surface area (Å²) in [5.41, 5.74) is 12.4. The van der Waals surface area contributed by atoms with Gasteiger partial charge < -0.3 is 42.0 Å². The summed E-state index contributed by atoms with van der Waals surface area (Å²) in [5, 5.41) is 28.1. The quantitative estimate of drug-likeness (QED) is 0.0380. The summed E-state index contributed by atoms with van der Waals surface area (Å²) in [7, 11) is 0. The zero-order valence-corrected chi connectivity index (χ0v) is 29.6. The number of non-ortho nitro benzene ring substituents is 1. The number of unbranched alkanes of at least 4 members (excludes halogenated alkanes) is 1. The molecule has 2 rings (SSSR count). The minimum Gasteiger partial charge on any atom is -0.480 e. The normalized spacial score (nSPS) is 13.5. The lowest BCUT2D eigenvalue weighted by Gasteiger charge is -2.25. The van der Waals surface area contributed by atoms with Crippen LogP contribution in [-0.2, 0) is 36.8 Å². The summed E-state index contributed by atoms with van der Waals surface area (Å²) in [4.78, 5) is 74.6. The van der Waals surface area contributed by atoms with E-state index in [2.05, 4.69) is 16.0 Å². The maximum atomic E-state index is 13.8. The van der Waals surface area contributed by atoms with Gasteiger partial charge in [0, 0.05) is 25.0 Å². The van der Waals surface area contributed by atoms with Crippen molar-refractivity contribution in [1.82, 2.24) is 16.0 Å².